The SMILES string of the molecule is CCCCCCC(C)C(C)(F)F. The molecule has 0 heterocycles. The summed E-state index contributed by atoms with van der Waals surface area (Å²) >= 11 is 0. The minimum absolute atomic E-state index is 0.464. The molecule has 0 nitrogen and oxygen atoms in total. The van der Waals surface area contributed by atoms with Crippen molar-refractivity contribution in [2.24, 2.45) is 5.92 Å². The lowest BCUT2D eigenvalue weighted by Crippen LogP contribution is -2.21. The van der Waals surface area contributed by atoms with Gasteiger partial charge in [0.2, 0.25) is 5.92 Å². The highest BCUT2D eigenvalue weighted by molar-refractivity contribution is 4.67. The molecule has 0 aromatic rings. The molecule has 0 fully saturated rings. The van der Waals surface area contributed by atoms with E-state index in [0.717, 1.165) is 26.2 Å². The van der Waals surface area contributed by atoms with Gasteiger partial charge in [-0.15, -0.1) is 0 Å². The van der Waals surface area contributed by atoms with Crippen molar-refractivity contribution in [1.29, 1.82) is 0 Å². The fourth-order valence-electron chi connectivity index (χ4n) is 1.13. The van der Waals surface area contributed by atoms with Crippen LogP contribution >= 0.6 is 0 Å². The van der Waals surface area contributed by atoms with Crippen molar-refractivity contribution in [2.75, 3.05) is 0 Å². The Morgan fingerprint density at radius 1 is 1.17 bits per heavy atom. The molecular weight excluding hydrogens is 158 g/mol. The molecule has 1 unspecified atom stereocenters. The molecule has 0 N–H and O–H groups in total. The second kappa shape index (κ2) is 5.50. The molecule has 74 valence electrons. The number of rotatable bonds is 6. The maximum Gasteiger partial charge on any atom is 0.247 e. The van der Waals surface area contributed by atoms with Crippen LogP contribution in [-0.4, -0.2) is 5.92 Å². The minimum Gasteiger partial charge on any atom is -0.207 e. The van der Waals surface area contributed by atoms with Crippen LogP contribution in [0.4, 0.5) is 8.78 Å². The van der Waals surface area contributed by atoms with E-state index in [1.807, 2.05) is 0 Å². The van der Waals surface area contributed by atoms with Gasteiger partial charge in [-0.25, -0.2) is 8.78 Å². The highest BCUT2D eigenvalue weighted by atomic mass is 19.3. The van der Waals surface area contributed by atoms with E-state index in [-0.39, 0.29) is 0 Å². The van der Waals surface area contributed by atoms with Crippen LogP contribution in [0.5, 0.6) is 0 Å². The van der Waals surface area contributed by atoms with Crippen molar-refractivity contribution in [3.05, 3.63) is 0 Å². The molecule has 0 aliphatic carbocycles. The third-order valence-electron chi connectivity index (χ3n) is 2.36. The van der Waals surface area contributed by atoms with Crippen LogP contribution in [0.1, 0.15) is 52.9 Å². The first-order valence-electron chi connectivity index (χ1n) is 4.86. The summed E-state index contributed by atoms with van der Waals surface area (Å²) in [5.74, 6) is -2.96. The fourth-order valence-corrected chi connectivity index (χ4v) is 1.13. The van der Waals surface area contributed by atoms with Gasteiger partial charge in [0.15, 0.2) is 0 Å². The lowest BCUT2D eigenvalue weighted by atomic mass is 9.97. The molecular formula is C10H20F2. The quantitative estimate of drug-likeness (QED) is 0.533. The fraction of sp³-hybridized carbons (Fsp3) is 1.00. The Bertz CT molecular complexity index is 105. The largest absolute Gasteiger partial charge is 0.247 e. The summed E-state index contributed by atoms with van der Waals surface area (Å²) in [6, 6.07) is 0. The summed E-state index contributed by atoms with van der Waals surface area (Å²) in [6.45, 7) is 4.77. The Labute approximate surface area is 74.4 Å². The molecule has 0 amide bonds. The molecule has 0 rings (SSSR count). The van der Waals surface area contributed by atoms with E-state index in [0.29, 0.717) is 6.42 Å². The summed E-state index contributed by atoms with van der Waals surface area (Å²) in [7, 11) is 0. The first kappa shape index (κ1) is 11.9. The van der Waals surface area contributed by atoms with Gasteiger partial charge < -0.3 is 0 Å². The van der Waals surface area contributed by atoms with Gasteiger partial charge in [0, 0.05) is 5.92 Å². The van der Waals surface area contributed by atoms with E-state index in [2.05, 4.69) is 6.92 Å². The van der Waals surface area contributed by atoms with E-state index in [1.54, 1.807) is 6.92 Å². The van der Waals surface area contributed by atoms with Gasteiger partial charge in [-0.1, -0.05) is 39.5 Å². The minimum atomic E-state index is -2.49. The lowest BCUT2D eigenvalue weighted by molar-refractivity contribution is -0.0360. The van der Waals surface area contributed by atoms with Crippen LogP contribution in [-0.2, 0) is 0 Å². The molecule has 0 saturated heterocycles. The Kier molecular flexibility index (Phi) is 5.43. The molecule has 0 aliphatic rings. The third-order valence-corrected chi connectivity index (χ3v) is 2.36. The zero-order valence-corrected chi connectivity index (χ0v) is 8.37. The third kappa shape index (κ3) is 5.50. The zero-order valence-electron chi connectivity index (χ0n) is 8.37. The van der Waals surface area contributed by atoms with Gasteiger partial charge in [0.25, 0.3) is 0 Å². The van der Waals surface area contributed by atoms with Crippen LogP contribution in [0.2, 0.25) is 0 Å². The first-order valence-corrected chi connectivity index (χ1v) is 4.86. The van der Waals surface area contributed by atoms with E-state index in [4.69, 9.17) is 0 Å². The van der Waals surface area contributed by atoms with Gasteiger partial charge in [-0.05, 0) is 13.3 Å². The van der Waals surface area contributed by atoms with Crippen molar-refractivity contribution in [3.63, 3.8) is 0 Å². The Morgan fingerprint density at radius 3 is 2.17 bits per heavy atom. The molecule has 0 radical (unpaired) electrons. The number of halogens is 2. The average molecular weight is 178 g/mol. The molecule has 0 aromatic carbocycles. The lowest BCUT2D eigenvalue weighted by Gasteiger charge is -2.18. The van der Waals surface area contributed by atoms with E-state index in [9.17, 15) is 8.78 Å². The second-order valence-electron chi connectivity index (χ2n) is 3.71. The molecule has 0 aromatic heterocycles. The molecule has 12 heavy (non-hydrogen) atoms. The topological polar surface area (TPSA) is 0 Å². The molecule has 0 bridgehead atoms. The molecule has 2 heteroatoms. The maximum atomic E-state index is 12.6. The normalized spacial score (nSPS) is 14.8. The van der Waals surface area contributed by atoms with Gasteiger partial charge in [0.1, 0.15) is 0 Å². The van der Waals surface area contributed by atoms with Crippen molar-refractivity contribution < 1.29 is 8.78 Å². The van der Waals surface area contributed by atoms with Crippen LogP contribution < -0.4 is 0 Å². The van der Waals surface area contributed by atoms with E-state index >= 15 is 0 Å². The van der Waals surface area contributed by atoms with Crippen molar-refractivity contribution in [3.8, 4) is 0 Å². The zero-order chi connectivity index (χ0) is 9.61. The molecule has 0 spiro atoms. The smallest absolute Gasteiger partial charge is 0.207 e. The van der Waals surface area contributed by atoms with Gasteiger partial charge in [-0.2, -0.15) is 0 Å². The maximum absolute atomic E-state index is 12.6. The number of unbranched alkanes of at least 4 members (excludes halogenated alkanes) is 3. The summed E-state index contributed by atoms with van der Waals surface area (Å²) in [4.78, 5) is 0. The summed E-state index contributed by atoms with van der Waals surface area (Å²) in [6.07, 6.45) is 5.03. The molecule has 1 atom stereocenters. The highest BCUT2D eigenvalue weighted by Gasteiger charge is 2.28. The predicted octanol–water partition coefficient (Wildman–Crippen LogP) is 4.25. The van der Waals surface area contributed by atoms with Gasteiger partial charge in [-0.3, -0.25) is 0 Å². The van der Waals surface area contributed by atoms with Crippen LogP contribution in [0.15, 0.2) is 0 Å². The summed E-state index contributed by atoms with van der Waals surface area (Å²) in [5.41, 5.74) is 0. The van der Waals surface area contributed by atoms with Crippen LogP contribution in [0.3, 0.4) is 0 Å². The molecule has 0 saturated carbocycles. The number of alkyl halides is 2. The van der Waals surface area contributed by atoms with Crippen LogP contribution in [0, 0.1) is 5.92 Å². The van der Waals surface area contributed by atoms with E-state index in [1.165, 1.54) is 6.42 Å². The van der Waals surface area contributed by atoms with Gasteiger partial charge in [0.05, 0.1) is 0 Å². The predicted molar refractivity (Wildman–Crippen MR) is 48.5 cm³/mol. The van der Waals surface area contributed by atoms with Crippen molar-refractivity contribution >= 4 is 0 Å². The van der Waals surface area contributed by atoms with Crippen molar-refractivity contribution in [1.82, 2.24) is 0 Å². The summed E-state index contributed by atoms with van der Waals surface area (Å²) in [5, 5.41) is 0. The number of hydrogen-bond acceptors (Lipinski definition) is 0. The number of hydrogen-bond donors (Lipinski definition) is 0. The Balaban J connectivity index is 3.38. The first-order chi connectivity index (χ1) is 5.48. The Morgan fingerprint density at radius 2 is 1.75 bits per heavy atom. The second-order valence-corrected chi connectivity index (χ2v) is 3.71. The Hall–Kier alpha value is -0.140. The summed E-state index contributed by atoms with van der Waals surface area (Å²) < 4.78 is 25.3. The highest BCUT2D eigenvalue weighted by Crippen LogP contribution is 2.27. The van der Waals surface area contributed by atoms with Crippen LogP contribution in [0.25, 0.3) is 0 Å². The van der Waals surface area contributed by atoms with Gasteiger partial charge >= 0.3 is 0 Å². The van der Waals surface area contributed by atoms with E-state index < -0.39 is 11.8 Å². The van der Waals surface area contributed by atoms with Crippen molar-refractivity contribution in [2.45, 2.75) is 58.8 Å². The average Bonchev–Trinajstić information content (AvgIpc) is 1.96. The standard InChI is InChI=1S/C10H20F2/c1-4-5-6-7-8-9(2)10(3,11)12/h9H,4-8H2,1-3H3. The molecule has 0 aliphatic heterocycles. The monoisotopic (exact) mass is 178 g/mol.